The molecule has 1 atom stereocenters. The normalized spacial score (nSPS) is 12.6. The van der Waals surface area contributed by atoms with Crippen LogP contribution in [-0.4, -0.2) is 19.1 Å². The topological polar surface area (TPSA) is 72.7 Å². The summed E-state index contributed by atoms with van der Waals surface area (Å²) in [4.78, 5) is 30.5. The summed E-state index contributed by atoms with van der Waals surface area (Å²) in [6.45, 7) is 6.47. The van der Waals surface area contributed by atoms with Gasteiger partial charge in [-0.05, 0) is 39.0 Å². The predicted octanol–water partition coefficient (Wildman–Crippen LogP) is 2.28. The fourth-order valence-electron chi connectivity index (χ4n) is 2.75. The van der Waals surface area contributed by atoms with E-state index in [9.17, 15) is 9.59 Å². The lowest BCUT2D eigenvalue weighted by Crippen LogP contribution is -2.29. The van der Waals surface area contributed by atoms with Crippen molar-refractivity contribution in [1.29, 1.82) is 0 Å². The molecule has 6 heteroatoms. The summed E-state index contributed by atoms with van der Waals surface area (Å²) in [5, 5.41) is 0. The molecule has 0 saturated carbocycles. The van der Waals surface area contributed by atoms with E-state index in [1.807, 2.05) is 7.05 Å². The van der Waals surface area contributed by atoms with Crippen molar-refractivity contribution in [2.45, 2.75) is 46.5 Å². The molecule has 0 saturated heterocycles. The van der Waals surface area contributed by atoms with Gasteiger partial charge in [0.1, 0.15) is 5.82 Å². The number of hydrogen-bond donors (Lipinski definition) is 1. The first-order valence-corrected chi connectivity index (χ1v) is 8.09. The van der Waals surface area contributed by atoms with E-state index in [2.05, 4.69) is 36.8 Å². The number of H-pyrrole nitrogens is 1. The van der Waals surface area contributed by atoms with Crippen molar-refractivity contribution in [2.24, 2.45) is 20.0 Å². The largest absolute Gasteiger partial charge is 0.329 e. The number of hydrogen-bond acceptors (Lipinski definition) is 3. The molecule has 0 aliphatic rings. The fourth-order valence-corrected chi connectivity index (χ4v) is 2.75. The van der Waals surface area contributed by atoms with E-state index >= 15 is 0 Å². The van der Waals surface area contributed by atoms with Crippen LogP contribution in [0, 0.1) is 5.92 Å². The smallest absolute Gasteiger partial charge is 0.325 e. The average molecular weight is 318 g/mol. The molecule has 0 aromatic carbocycles. The molecule has 23 heavy (non-hydrogen) atoms. The minimum Gasteiger partial charge on any atom is -0.325 e. The standard InChI is InChI=1S/C17H26N4O2/c1-11(2)7-6-8-12(3)9-10-13-18-15-14(20(13)4)16(22)19-17(23)21(15)5/h7,12H,6,8-10H2,1-5H3,(H,19,22,23)/t12-/m0/s1. The Morgan fingerprint density at radius 2 is 1.91 bits per heavy atom. The van der Waals surface area contributed by atoms with E-state index in [1.165, 1.54) is 10.1 Å². The SMILES string of the molecule is CC(C)=CCC[C@H](C)CCc1nc2c(c(=O)[nH]c(=O)n2C)n1C. The molecule has 1 N–H and O–H groups in total. The molecule has 0 radical (unpaired) electrons. The summed E-state index contributed by atoms with van der Waals surface area (Å²) in [6.07, 6.45) is 6.32. The average Bonchev–Trinajstić information content (AvgIpc) is 2.80. The Morgan fingerprint density at radius 1 is 1.22 bits per heavy atom. The van der Waals surface area contributed by atoms with Crippen molar-refractivity contribution >= 4 is 11.2 Å². The summed E-state index contributed by atoms with van der Waals surface area (Å²) in [6, 6.07) is 0. The summed E-state index contributed by atoms with van der Waals surface area (Å²) in [7, 11) is 3.46. The number of fused-ring (bicyclic) bond motifs is 1. The zero-order valence-corrected chi connectivity index (χ0v) is 14.6. The second-order valence-corrected chi connectivity index (χ2v) is 6.58. The molecule has 0 aliphatic heterocycles. The second-order valence-electron chi connectivity index (χ2n) is 6.58. The minimum atomic E-state index is -0.428. The van der Waals surface area contributed by atoms with Gasteiger partial charge < -0.3 is 4.57 Å². The molecule has 0 aliphatic carbocycles. The first kappa shape index (κ1) is 17.2. The predicted molar refractivity (Wildman–Crippen MR) is 92.7 cm³/mol. The highest BCUT2D eigenvalue weighted by atomic mass is 16.2. The zero-order chi connectivity index (χ0) is 17.1. The van der Waals surface area contributed by atoms with Gasteiger partial charge in [0, 0.05) is 20.5 Å². The van der Waals surface area contributed by atoms with Gasteiger partial charge in [-0.3, -0.25) is 14.3 Å². The lowest BCUT2D eigenvalue weighted by Gasteiger charge is -2.09. The lowest BCUT2D eigenvalue weighted by atomic mass is 9.99. The van der Waals surface area contributed by atoms with Gasteiger partial charge in [0.2, 0.25) is 0 Å². The number of aromatic amines is 1. The van der Waals surface area contributed by atoms with Crippen molar-refractivity contribution in [1.82, 2.24) is 19.1 Å². The van der Waals surface area contributed by atoms with E-state index in [0.29, 0.717) is 17.1 Å². The number of allylic oxidation sites excluding steroid dienone is 2. The van der Waals surface area contributed by atoms with Gasteiger partial charge in [0.05, 0.1) is 0 Å². The minimum absolute atomic E-state index is 0.374. The van der Waals surface area contributed by atoms with Crippen LogP contribution in [0.15, 0.2) is 21.2 Å². The van der Waals surface area contributed by atoms with Crippen LogP contribution in [-0.2, 0) is 20.5 Å². The summed E-state index contributed by atoms with van der Waals surface area (Å²) in [5.74, 6) is 1.44. The Labute approximate surface area is 135 Å². The van der Waals surface area contributed by atoms with Crippen LogP contribution in [0.1, 0.15) is 45.9 Å². The van der Waals surface area contributed by atoms with Crippen molar-refractivity contribution in [3.8, 4) is 0 Å². The second kappa shape index (κ2) is 6.98. The van der Waals surface area contributed by atoms with Crippen LogP contribution in [0.3, 0.4) is 0 Å². The maximum Gasteiger partial charge on any atom is 0.329 e. The van der Waals surface area contributed by atoms with Crippen LogP contribution in [0.4, 0.5) is 0 Å². The summed E-state index contributed by atoms with van der Waals surface area (Å²) >= 11 is 0. The van der Waals surface area contributed by atoms with Crippen LogP contribution < -0.4 is 11.2 Å². The molecule has 0 amide bonds. The van der Waals surface area contributed by atoms with Gasteiger partial charge in [-0.15, -0.1) is 0 Å². The van der Waals surface area contributed by atoms with E-state index in [0.717, 1.165) is 31.5 Å². The first-order chi connectivity index (χ1) is 10.8. The number of aromatic nitrogens is 4. The Bertz CT molecular complexity index is 835. The maximum absolute atomic E-state index is 12.0. The van der Waals surface area contributed by atoms with E-state index in [-0.39, 0.29) is 5.56 Å². The number of rotatable bonds is 6. The van der Waals surface area contributed by atoms with Crippen LogP contribution in [0.5, 0.6) is 0 Å². The third-order valence-corrected chi connectivity index (χ3v) is 4.30. The Kier molecular flexibility index (Phi) is 5.23. The van der Waals surface area contributed by atoms with Crippen molar-refractivity contribution in [3.63, 3.8) is 0 Å². The lowest BCUT2D eigenvalue weighted by molar-refractivity contribution is 0.487. The number of aryl methyl sites for hydroxylation is 3. The Balaban J connectivity index is 2.15. The number of imidazole rings is 1. The van der Waals surface area contributed by atoms with Crippen molar-refractivity contribution < 1.29 is 0 Å². The van der Waals surface area contributed by atoms with Crippen LogP contribution >= 0.6 is 0 Å². The monoisotopic (exact) mass is 318 g/mol. The Hall–Kier alpha value is -2.11. The molecular formula is C17H26N4O2. The molecule has 0 fully saturated rings. The molecule has 126 valence electrons. The van der Waals surface area contributed by atoms with Gasteiger partial charge in [0.15, 0.2) is 11.2 Å². The molecule has 0 unspecified atom stereocenters. The van der Waals surface area contributed by atoms with Gasteiger partial charge in [-0.1, -0.05) is 18.6 Å². The van der Waals surface area contributed by atoms with Gasteiger partial charge in [-0.25, -0.2) is 9.78 Å². The highest BCUT2D eigenvalue weighted by Crippen LogP contribution is 2.16. The third-order valence-electron chi connectivity index (χ3n) is 4.30. The number of nitrogens with zero attached hydrogens (tertiary/aromatic N) is 3. The van der Waals surface area contributed by atoms with Gasteiger partial charge in [0.25, 0.3) is 5.56 Å². The summed E-state index contributed by atoms with van der Waals surface area (Å²) < 4.78 is 3.19. The molecule has 2 aromatic rings. The third kappa shape index (κ3) is 3.81. The molecular weight excluding hydrogens is 292 g/mol. The van der Waals surface area contributed by atoms with Crippen molar-refractivity contribution in [2.75, 3.05) is 0 Å². The highest BCUT2D eigenvalue weighted by Gasteiger charge is 2.15. The molecule has 2 heterocycles. The molecule has 0 spiro atoms. The van der Waals surface area contributed by atoms with Gasteiger partial charge in [-0.2, -0.15) is 0 Å². The van der Waals surface area contributed by atoms with Crippen LogP contribution in [0.25, 0.3) is 11.2 Å². The molecule has 2 aromatic heterocycles. The molecule has 2 rings (SSSR count). The van der Waals surface area contributed by atoms with Gasteiger partial charge >= 0.3 is 5.69 Å². The highest BCUT2D eigenvalue weighted by molar-refractivity contribution is 5.70. The first-order valence-electron chi connectivity index (χ1n) is 8.09. The molecule has 6 nitrogen and oxygen atoms in total. The Morgan fingerprint density at radius 3 is 2.57 bits per heavy atom. The number of nitrogens with one attached hydrogen (secondary N) is 1. The quantitative estimate of drug-likeness (QED) is 0.830. The van der Waals surface area contributed by atoms with E-state index in [4.69, 9.17) is 0 Å². The summed E-state index contributed by atoms with van der Waals surface area (Å²) in [5.41, 5.74) is 1.46. The van der Waals surface area contributed by atoms with Crippen molar-refractivity contribution in [3.05, 3.63) is 38.3 Å². The van der Waals surface area contributed by atoms with Crippen LogP contribution in [0.2, 0.25) is 0 Å². The maximum atomic E-state index is 12.0. The van der Waals surface area contributed by atoms with E-state index in [1.54, 1.807) is 11.6 Å². The zero-order valence-electron chi connectivity index (χ0n) is 14.6. The molecule has 0 bridgehead atoms. The fraction of sp³-hybridized carbons (Fsp3) is 0.588. The van der Waals surface area contributed by atoms with E-state index < -0.39 is 5.69 Å².